The Bertz CT molecular complexity index is 808. The van der Waals surface area contributed by atoms with Crippen LogP contribution in [0.5, 0.6) is 0 Å². The first-order valence-electron chi connectivity index (χ1n) is 9.31. The highest BCUT2D eigenvalue weighted by Gasteiger charge is 2.34. The molecule has 8 heteroatoms. The Hall–Kier alpha value is -1.96. The maximum absolute atomic E-state index is 12.9. The number of halogens is 1. The van der Waals surface area contributed by atoms with Crippen LogP contribution in [0, 0.1) is 0 Å². The second-order valence-electron chi connectivity index (χ2n) is 7.15. The molecule has 2 aromatic rings. The molecule has 1 atom stereocenters. The van der Waals surface area contributed by atoms with Crippen LogP contribution in [0.4, 0.5) is 0 Å². The molecule has 1 unspecified atom stereocenters. The number of rotatable bonds is 6. The normalized spacial score (nSPS) is 20.6. The van der Waals surface area contributed by atoms with Crippen LogP contribution in [-0.2, 0) is 16.1 Å². The monoisotopic (exact) mass is 390 g/mol. The van der Waals surface area contributed by atoms with E-state index in [2.05, 4.69) is 15.1 Å². The van der Waals surface area contributed by atoms with Gasteiger partial charge in [-0.05, 0) is 31.9 Å². The summed E-state index contributed by atoms with van der Waals surface area (Å²) in [4.78, 5) is 16.9. The van der Waals surface area contributed by atoms with E-state index in [0.29, 0.717) is 42.1 Å². The molecule has 0 bridgehead atoms. The quantitative estimate of drug-likeness (QED) is 0.755. The molecule has 4 rings (SSSR count). The van der Waals surface area contributed by atoms with Crippen LogP contribution in [0.15, 0.2) is 28.7 Å². The molecule has 1 aromatic heterocycles. The van der Waals surface area contributed by atoms with Crippen molar-refractivity contribution in [3.63, 3.8) is 0 Å². The summed E-state index contributed by atoms with van der Waals surface area (Å²) >= 11 is 6.20. The maximum atomic E-state index is 12.9. The van der Waals surface area contributed by atoms with Crippen molar-refractivity contribution in [2.24, 2.45) is 0 Å². The molecule has 1 saturated heterocycles. The van der Waals surface area contributed by atoms with E-state index in [4.69, 9.17) is 20.8 Å². The molecule has 2 heterocycles. The zero-order chi connectivity index (χ0) is 18.8. The fourth-order valence-electron chi connectivity index (χ4n) is 3.33. The first kappa shape index (κ1) is 18.4. The number of carbonyl (C=O) groups is 1. The van der Waals surface area contributed by atoms with Crippen molar-refractivity contribution < 1.29 is 13.9 Å². The molecule has 0 N–H and O–H groups in total. The lowest BCUT2D eigenvalue weighted by molar-refractivity contribution is -0.135. The Labute approximate surface area is 163 Å². The first-order valence-corrected chi connectivity index (χ1v) is 9.68. The molecule has 1 saturated carbocycles. The molecule has 1 aliphatic heterocycles. The van der Waals surface area contributed by atoms with Gasteiger partial charge in [-0.15, -0.1) is 10.2 Å². The van der Waals surface area contributed by atoms with Crippen molar-refractivity contribution in [3.05, 3.63) is 35.2 Å². The molecule has 27 heavy (non-hydrogen) atoms. The van der Waals surface area contributed by atoms with Crippen molar-refractivity contribution in [1.29, 1.82) is 0 Å². The van der Waals surface area contributed by atoms with Crippen molar-refractivity contribution in [2.75, 3.05) is 26.2 Å². The summed E-state index contributed by atoms with van der Waals surface area (Å²) in [7, 11) is 0. The van der Waals surface area contributed by atoms with Gasteiger partial charge in [0.2, 0.25) is 17.7 Å². The fraction of sp³-hybridized carbons (Fsp3) is 0.526. The highest BCUT2D eigenvalue weighted by atomic mass is 35.5. The highest BCUT2D eigenvalue weighted by Crippen LogP contribution is 2.30. The smallest absolute Gasteiger partial charge is 0.249 e. The van der Waals surface area contributed by atoms with Crippen molar-refractivity contribution in [1.82, 2.24) is 20.0 Å². The highest BCUT2D eigenvalue weighted by molar-refractivity contribution is 6.33. The molecule has 2 fully saturated rings. The van der Waals surface area contributed by atoms with Crippen LogP contribution in [0.2, 0.25) is 5.02 Å². The van der Waals surface area contributed by atoms with Gasteiger partial charge in [0.25, 0.3) is 0 Å². The Morgan fingerprint density at radius 3 is 2.89 bits per heavy atom. The number of amides is 1. The summed E-state index contributed by atoms with van der Waals surface area (Å²) in [6, 6.07) is 7.61. The van der Waals surface area contributed by atoms with E-state index in [-0.39, 0.29) is 18.1 Å². The fourth-order valence-corrected chi connectivity index (χ4v) is 3.55. The van der Waals surface area contributed by atoms with Gasteiger partial charge in [-0.1, -0.05) is 23.7 Å². The Kier molecular flexibility index (Phi) is 5.43. The lowest BCUT2D eigenvalue weighted by Crippen LogP contribution is -2.47. The zero-order valence-electron chi connectivity index (χ0n) is 15.3. The summed E-state index contributed by atoms with van der Waals surface area (Å²) < 4.78 is 11.3. The predicted molar refractivity (Wildman–Crippen MR) is 100 cm³/mol. The summed E-state index contributed by atoms with van der Waals surface area (Å²) in [5, 5.41) is 8.78. The van der Waals surface area contributed by atoms with E-state index >= 15 is 0 Å². The minimum absolute atomic E-state index is 0.101. The number of ether oxygens (including phenoxy) is 1. The van der Waals surface area contributed by atoms with Gasteiger partial charge in [-0.3, -0.25) is 9.69 Å². The van der Waals surface area contributed by atoms with E-state index in [1.165, 1.54) is 0 Å². The summed E-state index contributed by atoms with van der Waals surface area (Å²) in [6.45, 7) is 5.00. The molecule has 1 amide bonds. The zero-order valence-corrected chi connectivity index (χ0v) is 16.1. The van der Waals surface area contributed by atoms with E-state index in [0.717, 1.165) is 25.9 Å². The van der Waals surface area contributed by atoms with Gasteiger partial charge in [0.05, 0.1) is 36.4 Å². The predicted octanol–water partition coefficient (Wildman–Crippen LogP) is 2.60. The summed E-state index contributed by atoms with van der Waals surface area (Å²) in [5.41, 5.74) is 0.699. The Balaban J connectivity index is 1.43. The lowest BCUT2D eigenvalue weighted by Gasteiger charge is -2.32. The average molecular weight is 391 g/mol. The third kappa shape index (κ3) is 4.48. The number of hydrogen-bond donors (Lipinski definition) is 0. The van der Waals surface area contributed by atoms with Crippen LogP contribution in [0.25, 0.3) is 11.5 Å². The number of morpholine rings is 1. The third-order valence-corrected chi connectivity index (χ3v) is 5.20. The number of nitrogens with zero attached hydrogens (tertiary/aromatic N) is 4. The molecule has 1 aromatic carbocycles. The molecule has 0 radical (unpaired) electrons. The van der Waals surface area contributed by atoms with E-state index in [1.807, 2.05) is 30.0 Å². The van der Waals surface area contributed by atoms with Crippen LogP contribution in [-0.4, -0.2) is 64.3 Å². The van der Waals surface area contributed by atoms with Gasteiger partial charge in [0.1, 0.15) is 0 Å². The minimum Gasteiger partial charge on any atom is -0.419 e. The molecular weight excluding hydrogens is 368 g/mol. The standard InChI is InChI=1S/C19H23ClN4O3/c1-13-10-23(8-9-26-13)12-18(25)24(14-6-7-14)11-17-21-22-19(27-17)15-4-2-3-5-16(15)20/h2-5,13-14H,6-12H2,1H3. The van der Waals surface area contributed by atoms with Crippen LogP contribution >= 0.6 is 11.6 Å². The summed E-state index contributed by atoms with van der Waals surface area (Å²) in [5.74, 6) is 0.908. The number of aromatic nitrogens is 2. The molecule has 7 nitrogen and oxygen atoms in total. The molecule has 0 spiro atoms. The number of hydrogen-bond acceptors (Lipinski definition) is 6. The molecular formula is C19H23ClN4O3. The van der Waals surface area contributed by atoms with E-state index in [1.54, 1.807) is 6.07 Å². The second kappa shape index (κ2) is 7.96. The minimum atomic E-state index is 0.101. The molecule has 2 aliphatic rings. The largest absolute Gasteiger partial charge is 0.419 e. The topological polar surface area (TPSA) is 71.7 Å². The third-order valence-electron chi connectivity index (χ3n) is 4.87. The van der Waals surface area contributed by atoms with E-state index in [9.17, 15) is 4.79 Å². The average Bonchev–Trinajstić information content (AvgIpc) is 3.38. The molecule has 1 aliphatic carbocycles. The first-order chi connectivity index (χ1) is 13.1. The molecule has 144 valence electrons. The number of carbonyl (C=O) groups excluding carboxylic acids is 1. The Morgan fingerprint density at radius 2 is 2.15 bits per heavy atom. The van der Waals surface area contributed by atoms with Crippen molar-refractivity contribution >= 4 is 17.5 Å². The van der Waals surface area contributed by atoms with Gasteiger partial charge < -0.3 is 14.1 Å². The van der Waals surface area contributed by atoms with Gasteiger partial charge in [0.15, 0.2) is 0 Å². The number of benzene rings is 1. The Morgan fingerprint density at radius 1 is 1.33 bits per heavy atom. The SMILES string of the molecule is CC1CN(CC(=O)N(Cc2nnc(-c3ccccc3Cl)o2)C2CC2)CCO1. The van der Waals surface area contributed by atoms with Gasteiger partial charge >= 0.3 is 0 Å². The van der Waals surface area contributed by atoms with E-state index < -0.39 is 0 Å². The van der Waals surface area contributed by atoms with Crippen LogP contribution < -0.4 is 0 Å². The van der Waals surface area contributed by atoms with Crippen LogP contribution in [0.3, 0.4) is 0 Å². The van der Waals surface area contributed by atoms with Crippen molar-refractivity contribution in [2.45, 2.75) is 38.5 Å². The van der Waals surface area contributed by atoms with Gasteiger partial charge in [-0.25, -0.2) is 0 Å². The summed E-state index contributed by atoms with van der Waals surface area (Å²) in [6.07, 6.45) is 2.21. The van der Waals surface area contributed by atoms with Gasteiger partial charge in [-0.2, -0.15) is 0 Å². The second-order valence-corrected chi connectivity index (χ2v) is 7.56. The maximum Gasteiger partial charge on any atom is 0.249 e. The van der Waals surface area contributed by atoms with Crippen molar-refractivity contribution in [3.8, 4) is 11.5 Å². The van der Waals surface area contributed by atoms with Crippen LogP contribution in [0.1, 0.15) is 25.7 Å². The lowest BCUT2D eigenvalue weighted by atomic mass is 10.2. The van der Waals surface area contributed by atoms with Gasteiger partial charge in [0, 0.05) is 19.1 Å².